The van der Waals surface area contributed by atoms with Gasteiger partial charge in [0.1, 0.15) is 11.6 Å². The van der Waals surface area contributed by atoms with Crippen LogP contribution in [0.15, 0.2) is 47.5 Å². The summed E-state index contributed by atoms with van der Waals surface area (Å²) in [7, 11) is 0. The second kappa shape index (κ2) is 4.84. The molecular formula is C17H13ClN2O2. The van der Waals surface area contributed by atoms with Crippen molar-refractivity contribution in [1.82, 2.24) is 0 Å². The van der Waals surface area contributed by atoms with Crippen molar-refractivity contribution in [2.24, 2.45) is 0 Å². The average Bonchev–Trinajstić information content (AvgIpc) is 2.66. The first-order chi connectivity index (χ1) is 10.4. The van der Waals surface area contributed by atoms with Crippen molar-refractivity contribution in [3.05, 3.63) is 52.6 Å². The minimum absolute atomic E-state index is 0.0240. The van der Waals surface area contributed by atoms with Crippen molar-refractivity contribution in [2.75, 3.05) is 4.90 Å². The molecular weight excluding hydrogens is 300 g/mol. The first kappa shape index (κ1) is 14.6. The molecule has 1 N–H and O–H groups in total. The lowest BCUT2D eigenvalue weighted by atomic mass is 10.0. The van der Waals surface area contributed by atoms with Gasteiger partial charge in [0, 0.05) is 21.4 Å². The van der Waals surface area contributed by atoms with Crippen LogP contribution in [-0.2, 0) is 4.79 Å². The van der Waals surface area contributed by atoms with Gasteiger partial charge in [0.2, 0.25) is 0 Å². The van der Waals surface area contributed by atoms with Crippen LogP contribution in [0.3, 0.4) is 0 Å². The van der Waals surface area contributed by atoms with E-state index in [1.807, 2.05) is 30.3 Å². The first-order valence-corrected chi connectivity index (χ1v) is 7.13. The fourth-order valence-corrected chi connectivity index (χ4v) is 3.02. The van der Waals surface area contributed by atoms with Gasteiger partial charge in [0.25, 0.3) is 5.91 Å². The number of carbonyl (C=O) groups excluding carboxylic acids is 1. The first-order valence-electron chi connectivity index (χ1n) is 6.75. The van der Waals surface area contributed by atoms with Crippen molar-refractivity contribution in [1.29, 1.82) is 5.26 Å². The van der Waals surface area contributed by atoms with Gasteiger partial charge in [-0.2, -0.15) is 5.26 Å². The van der Waals surface area contributed by atoms with E-state index in [9.17, 15) is 15.2 Å². The summed E-state index contributed by atoms with van der Waals surface area (Å²) in [5.74, 6) is -0.502. The van der Waals surface area contributed by atoms with E-state index < -0.39 is 11.6 Å². The second-order valence-electron chi connectivity index (χ2n) is 5.39. The average molecular weight is 313 g/mol. The molecule has 1 aliphatic rings. The number of nitrogens with zero attached hydrogens (tertiary/aromatic N) is 2. The molecule has 0 bridgehead atoms. The van der Waals surface area contributed by atoms with Gasteiger partial charge in [0.15, 0.2) is 5.72 Å². The smallest absolute Gasteiger partial charge is 0.271 e. The van der Waals surface area contributed by atoms with Crippen molar-refractivity contribution in [3.63, 3.8) is 0 Å². The summed E-state index contributed by atoms with van der Waals surface area (Å²) in [6, 6.07) is 12.6. The quantitative estimate of drug-likeness (QED) is 0.878. The van der Waals surface area contributed by atoms with Crippen molar-refractivity contribution in [3.8, 4) is 6.07 Å². The number of nitriles is 1. The van der Waals surface area contributed by atoms with Crippen LogP contribution in [0.2, 0.25) is 5.02 Å². The Morgan fingerprint density at radius 2 is 1.86 bits per heavy atom. The van der Waals surface area contributed by atoms with Crippen LogP contribution in [0.4, 0.5) is 5.69 Å². The number of carbonyl (C=O) groups is 1. The lowest BCUT2D eigenvalue weighted by Crippen LogP contribution is -2.46. The normalized spacial score (nSPS) is 21.6. The molecule has 2 aromatic rings. The van der Waals surface area contributed by atoms with Crippen molar-refractivity contribution >= 4 is 34.0 Å². The Kier molecular flexibility index (Phi) is 3.21. The Morgan fingerprint density at radius 3 is 2.45 bits per heavy atom. The van der Waals surface area contributed by atoms with E-state index in [1.54, 1.807) is 19.1 Å². The highest BCUT2D eigenvalue weighted by atomic mass is 35.5. The monoisotopic (exact) mass is 312 g/mol. The van der Waals surface area contributed by atoms with Crippen LogP contribution in [0, 0.1) is 11.3 Å². The van der Waals surface area contributed by atoms with E-state index in [-0.39, 0.29) is 5.57 Å². The lowest BCUT2D eigenvalue weighted by Gasteiger charge is -2.32. The molecule has 0 saturated heterocycles. The van der Waals surface area contributed by atoms with Crippen molar-refractivity contribution in [2.45, 2.75) is 19.6 Å². The van der Waals surface area contributed by atoms with Crippen LogP contribution < -0.4 is 4.90 Å². The largest absolute Gasteiger partial charge is 0.367 e. The summed E-state index contributed by atoms with van der Waals surface area (Å²) in [6.45, 7) is 3.10. The number of hydrogen-bond donors (Lipinski definition) is 1. The molecule has 1 unspecified atom stereocenters. The summed E-state index contributed by atoms with van der Waals surface area (Å²) < 4.78 is 0. The van der Waals surface area contributed by atoms with E-state index >= 15 is 0 Å². The maximum atomic E-state index is 12.5. The highest BCUT2D eigenvalue weighted by molar-refractivity contribution is 6.36. The number of aliphatic hydroxyl groups is 1. The van der Waals surface area contributed by atoms with Gasteiger partial charge >= 0.3 is 0 Å². The molecule has 0 fully saturated rings. The fourth-order valence-electron chi connectivity index (χ4n) is 2.79. The van der Waals surface area contributed by atoms with Gasteiger partial charge < -0.3 is 5.11 Å². The van der Waals surface area contributed by atoms with E-state index in [1.165, 1.54) is 11.8 Å². The summed E-state index contributed by atoms with van der Waals surface area (Å²) in [5, 5.41) is 22.0. The maximum absolute atomic E-state index is 12.5. The Labute approximate surface area is 132 Å². The van der Waals surface area contributed by atoms with E-state index in [2.05, 4.69) is 0 Å². The number of amides is 1. The number of anilines is 1. The molecule has 5 heteroatoms. The zero-order chi connectivity index (χ0) is 16.1. The Hall–Kier alpha value is -2.35. The maximum Gasteiger partial charge on any atom is 0.271 e. The molecule has 1 heterocycles. The summed E-state index contributed by atoms with van der Waals surface area (Å²) in [6.07, 6.45) is 0. The van der Waals surface area contributed by atoms with Gasteiger partial charge in [-0.25, -0.2) is 0 Å². The summed E-state index contributed by atoms with van der Waals surface area (Å²) in [4.78, 5) is 13.8. The standard InChI is InChI=1S/C17H13ClN2O2/c1-10-13(9-19)16(21)20(17(10,2)22)15-8-7-14(18)11-5-3-4-6-12(11)15/h3-8,22H,1-2H3. The SMILES string of the molecule is CC1=C(C#N)C(=O)N(c2ccc(Cl)c3ccccc23)C1(C)O. The topological polar surface area (TPSA) is 64.3 Å². The molecule has 1 atom stereocenters. The van der Waals surface area contributed by atoms with Crippen molar-refractivity contribution < 1.29 is 9.90 Å². The third-order valence-electron chi connectivity index (χ3n) is 4.14. The zero-order valence-corrected chi connectivity index (χ0v) is 12.8. The van der Waals surface area contributed by atoms with E-state index in [0.29, 0.717) is 16.3 Å². The minimum Gasteiger partial charge on any atom is -0.367 e. The fraction of sp³-hybridized carbons (Fsp3) is 0.176. The number of fused-ring (bicyclic) bond motifs is 1. The molecule has 3 rings (SSSR count). The Bertz CT molecular complexity index is 878. The van der Waals surface area contributed by atoms with Gasteiger partial charge in [-0.3, -0.25) is 9.69 Å². The molecule has 4 nitrogen and oxygen atoms in total. The van der Waals surface area contributed by atoms with Crippen LogP contribution in [0.5, 0.6) is 0 Å². The number of benzene rings is 2. The summed E-state index contributed by atoms with van der Waals surface area (Å²) >= 11 is 6.20. The molecule has 0 radical (unpaired) electrons. The van der Waals surface area contributed by atoms with Crippen LogP contribution in [-0.4, -0.2) is 16.7 Å². The second-order valence-corrected chi connectivity index (χ2v) is 5.79. The Morgan fingerprint density at radius 1 is 1.23 bits per heavy atom. The highest BCUT2D eigenvalue weighted by Crippen LogP contribution is 2.41. The van der Waals surface area contributed by atoms with Crippen LogP contribution in [0.1, 0.15) is 13.8 Å². The van der Waals surface area contributed by atoms with Gasteiger partial charge in [0.05, 0.1) is 5.69 Å². The lowest BCUT2D eigenvalue weighted by molar-refractivity contribution is -0.116. The number of hydrogen-bond acceptors (Lipinski definition) is 3. The van der Waals surface area contributed by atoms with E-state index in [4.69, 9.17) is 11.6 Å². The molecule has 110 valence electrons. The predicted molar refractivity (Wildman–Crippen MR) is 85.4 cm³/mol. The number of halogens is 1. The summed E-state index contributed by atoms with van der Waals surface area (Å²) in [5.41, 5.74) is -0.693. The van der Waals surface area contributed by atoms with E-state index in [0.717, 1.165) is 10.8 Å². The molecule has 0 saturated carbocycles. The minimum atomic E-state index is -1.54. The van der Waals surface area contributed by atoms with Crippen LogP contribution in [0.25, 0.3) is 10.8 Å². The number of rotatable bonds is 1. The molecule has 0 aromatic heterocycles. The molecule has 22 heavy (non-hydrogen) atoms. The van der Waals surface area contributed by atoms with Gasteiger partial charge in [-0.15, -0.1) is 0 Å². The van der Waals surface area contributed by atoms with Gasteiger partial charge in [-0.05, 0) is 26.0 Å². The molecule has 2 aromatic carbocycles. The molecule has 0 aliphatic carbocycles. The highest BCUT2D eigenvalue weighted by Gasteiger charge is 2.46. The third-order valence-corrected chi connectivity index (χ3v) is 4.47. The zero-order valence-electron chi connectivity index (χ0n) is 12.1. The molecule has 0 spiro atoms. The third kappa shape index (κ3) is 1.83. The molecule has 1 aliphatic heterocycles. The predicted octanol–water partition coefficient (Wildman–Crippen LogP) is 3.39. The Balaban J connectivity index is 2.29. The molecule has 1 amide bonds. The van der Waals surface area contributed by atoms with Crippen LogP contribution >= 0.6 is 11.6 Å². The van der Waals surface area contributed by atoms with Gasteiger partial charge in [-0.1, -0.05) is 35.9 Å².